The van der Waals surface area contributed by atoms with Crippen LogP contribution in [0.2, 0.25) is 0 Å². The van der Waals surface area contributed by atoms with E-state index in [2.05, 4.69) is 5.32 Å². The third-order valence-electron chi connectivity index (χ3n) is 4.70. The number of nitrogens with zero attached hydrogens (tertiary/aromatic N) is 2. The zero-order chi connectivity index (χ0) is 19.6. The minimum absolute atomic E-state index is 0.00849. The number of thiophene rings is 1. The van der Waals surface area contributed by atoms with Crippen molar-refractivity contribution in [1.82, 2.24) is 15.1 Å². The summed E-state index contributed by atoms with van der Waals surface area (Å²) in [6, 6.07) is 2.97. The molecule has 8 nitrogen and oxygen atoms in total. The topological polar surface area (TPSA) is 109 Å². The zero-order valence-electron chi connectivity index (χ0n) is 15.4. The fraction of sp³-hybridized carbons (Fsp3) is 0.500. The number of piperazine rings is 1. The van der Waals surface area contributed by atoms with Gasteiger partial charge in [-0.05, 0) is 12.0 Å². The van der Waals surface area contributed by atoms with Gasteiger partial charge in [0.2, 0.25) is 11.8 Å². The Balaban J connectivity index is 1.48. The highest BCUT2D eigenvalue weighted by molar-refractivity contribution is 7.20. The first-order chi connectivity index (χ1) is 12.9. The van der Waals surface area contributed by atoms with Crippen LogP contribution < -0.4 is 11.1 Å². The van der Waals surface area contributed by atoms with E-state index in [4.69, 9.17) is 10.2 Å². The standard InChI is InChI=1S/C18H24N4O4S/c1-11(2)16(19)17(24)20-10-15(23)21-4-6-22(7-5-21)18(25)14-9-12-13(27-14)3-8-26-12/h3,8-9,11,16H,4-7,10,19H2,1-2H3,(H,20,24)/t16-/m0/s1. The van der Waals surface area contributed by atoms with Crippen molar-refractivity contribution in [3.8, 4) is 0 Å². The van der Waals surface area contributed by atoms with Gasteiger partial charge in [0.15, 0.2) is 0 Å². The van der Waals surface area contributed by atoms with Gasteiger partial charge in [-0.2, -0.15) is 0 Å². The lowest BCUT2D eigenvalue weighted by atomic mass is 10.1. The van der Waals surface area contributed by atoms with Gasteiger partial charge in [0.1, 0.15) is 5.58 Å². The molecule has 3 amide bonds. The number of fused-ring (bicyclic) bond motifs is 1. The summed E-state index contributed by atoms with van der Waals surface area (Å²) in [5.41, 5.74) is 6.48. The quantitative estimate of drug-likeness (QED) is 0.785. The first-order valence-corrected chi connectivity index (χ1v) is 9.76. The van der Waals surface area contributed by atoms with Crippen molar-refractivity contribution in [1.29, 1.82) is 0 Å². The van der Waals surface area contributed by atoms with Gasteiger partial charge in [0.25, 0.3) is 5.91 Å². The largest absolute Gasteiger partial charge is 0.463 e. The highest BCUT2D eigenvalue weighted by Crippen LogP contribution is 2.27. The number of hydrogen-bond donors (Lipinski definition) is 2. The summed E-state index contributed by atoms with van der Waals surface area (Å²) in [6.07, 6.45) is 1.60. The van der Waals surface area contributed by atoms with Crippen molar-refractivity contribution in [3.63, 3.8) is 0 Å². The summed E-state index contributed by atoms with van der Waals surface area (Å²) in [5.74, 6) is -0.530. The van der Waals surface area contributed by atoms with Gasteiger partial charge in [0.05, 0.1) is 28.4 Å². The maximum Gasteiger partial charge on any atom is 0.264 e. The highest BCUT2D eigenvalue weighted by Gasteiger charge is 2.26. The fourth-order valence-electron chi connectivity index (χ4n) is 2.88. The van der Waals surface area contributed by atoms with E-state index in [1.165, 1.54) is 11.3 Å². The summed E-state index contributed by atoms with van der Waals surface area (Å²) in [5, 5.41) is 2.59. The van der Waals surface area contributed by atoms with Gasteiger partial charge in [-0.15, -0.1) is 11.3 Å². The van der Waals surface area contributed by atoms with Gasteiger partial charge in [-0.25, -0.2) is 0 Å². The second-order valence-electron chi connectivity index (χ2n) is 6.92. The number of carbonyl (C=O) groups excluding carboxylic acids is 3. The van der Waals surface area contributed by atoms with E-state index in [0.717, 1.165) is 4.70 Å². The molecule has 0 unspecified atom stereocenters. The molecule has 9 heteroatoms. The average molecular weight is 392 g/mol. The Bertz CT molecular complexity index is 807. The predicted octanol–water partition coefficient (Wildman–Crippen LogP) is 0.878. The van der Waals surface area contributed by atoms with Crippen LogP contribution in [0.4, 0.5) is 0 Å². The molecule has 27 heavy (non-hydrogen) atoms. The lowest BCUT2D eigenvalue weighted by molar-refractivity contribution is -0.134. The molecule has 1 atom stereocenters. The van der Waals surface area contributed by atoms with Gasteiger partial charge < -0.3 is 25.3 Å². The number of rotatable bonds is 5. The molecule has 0 radical (unpaired) electrons. The second kappa shape index (κ2) is 8.10. The molecular weight excluding hydrogens is 368 g/mol. The fourth-order valence-corrected chi connectivity index (χ4v) is 3.83. The molecule has 3 N–H and O–H groups in total. The SMILES string of the molecule is CC(C)[C@H](N)C(=O)NCC(=O)N1CCN(C(=O)c2cc3occc3s2)CC1. The van der Waals surface area contributed by atoms with Gasteiger partial charge >= 0.3 is 0 Å². The molecule has 0 bridgehead atoms. The first kappa shape index (κ1) is 19.4. The van der Waals surface area contributed by atoms with Crippen LogP contribution in [-0.2, 0) is 9.59 Å². The first-order valence-electron chi connectivity index (χ1n) is 8.94. The Morgan fingerprint density at radius 2 is 1.89 bits per heavy atom. The van der Waals surface area contributed by atoms with E-state index < -0.39 is 6.04 Å². The molecule has 1 fully saturated rings. The minimum atomic E-state index is -0.626. The number of amides is 3. The van der Waals surface area contributed by atoms with Crippen molar-refractivity contribution >= 4 is 39.3 Å². The third-order valence-corrected chi connectivity index (χ3v) is 5.77. The minimum Gasteiger partial charge on any atom is -0.463 e. The van der Waals surface area contributed by atoms with Crippen molar-refractivity contribution in [3.05, 3.63) is 23.3 Å². The Hall–Kier alpha value is -2.39. The number of nitrogens with one attached hydrogen (secondary N) is 1. The lowest BCUT2D eigenvalue weighted by Crippen LogP contribution is -2.53. The molecule has 1 saturated heterocycles. The molecule has 146 valence electrons. The Labute approximate surface area is 161 Å². The zero-order valence-corrected chi connectivity index (χ0v) is 16.3. The van der Waals surface area contributed by atoms with Crippen LogP contribution in [0, 0.1) is 5.92 Å². The van der Waals surface area contributed by atoms with Crippen molar-refractivity contribution in [2.24, 2.45) is 11.7 Å². The molecule has 3 rings (SSSR count). The van der Waals surface area contributed by atoms with Crippen molar-refractivity contribution < 1.29 is 18.8 Å². The number of carbonyl (C=O) groups is 3. The maximum absolute atomic E-state index is 12.6. The highest BCUT2D eigenvalue weighted by atomic mass is 32.1. The summed E-state index contributed by atoms with van der Waals surface area (Å²) in [4.78, 5) is 40.8. The van der Waals surface area contributed by atoms with Gasteiger partial charge in [0, 0.05) is 32.2 Å². The van der Waals surface area contributed by atoms with Crippen molar-refractivity contribution in [2.45, 2.75) is 19.9 Å². The monoisotopic (exact) mass is 392 g/mol. The number of nitrogens with two attached hydrogens (primary N) is 1. The van der Waals surface area contributed by atoms with Crippen LogP contribution in [0.1, 0.15) is 23.5 Å². The van der Waals surface area contributed by atoms with Crippen molar-refractivity contribution in [2.75, 3.05) is 32.7 Å². The van der Waals surface area contributed by atoms with Gasteiger partial charge in [-0.3, -0.25) is 14.4 Å². The number of hydrogen-bond acceptors (Lipinski definition) is 6. The molecular formula is C18H24N4O4S. The van der Waals surface area contributed by atoms with E-state index in [0.29, 0.717) is 36.6 Å². The smallest absolute Gasteiger partial charge is 0.264 e. The molecule has 0 aromatic carbocycles. The van der Waals surface area contributed by atoms with Crippen LogP contribution in [0.5, 0.6) is 0 Å². The molecule has 2 aromatic heterocycles. The molecule has 1 aliphatic heterocycles. The summed E-state index contributed by atoms with van der Waals surface area (Å²) in [6.45, 7) is 5.44. The normalized spacial score (nSPS) is 16.0. The van der Waals surface area contributed by atoms with E-state index in [-0.39, 0.29) is 30.2 Å². The third kappa shape index (κ3) is 4.30. The molecule has 2 aromatic rings. The van der Waals surface area contributed by atoms with Crippen LogP contribution in [0.15, 0.2) is 22.8 Å². The van der Waals surface area contributed by atoms with E-state index >= 15 is 0 Å². The summed E-state index contributed by atoms with van der Waals surface area (Å²) < 4.78 is 6.25. The summed E-state index contributed by atoms with van der Waals surface area (Å²) >= 11 is 1.40. The Kier molecular flexibility index (Phi) is 5.81. The Morgan fingerprint density at radius 1 is 1.22 bits per heavy atom. The molecule has 3 heterocycles. The number of furan rings is 1. The van der Waals surface area contributed by atoms with E-state index in [1.807, 2.05) is 19.9 Å². The molecule has 0 spiro atoms. The predicted molar refractivity (Wildman–Crippen MR) is 102 cm³/mol. The second-order valence-corrected chi connectivity index (χ2v) is 8.00. The molecule has 1 aliphatic rings. The van der Waals surface area contributed by atoms with Crippen LogP contribution in [0.3, 0.4) is 0 Å². The molecule has 0 saturated carbocycles. The average Bonchev–Trinajstić information content (AvgIpc) is 3.26. The van der Waals surface area contributed by atoms with E-state index in [9.17, 15) is 14.4 Å². The van der Waals surface area contributed by atoms with Gasteiger partial charge in [-0.1, -0.05) is 13.8 Å². The van der Waals surface area contributed by atoms with Crippen LogP contribution in [0.25, 0.3) is 10.3 Å². The summed E-state index contributed by atoms with van der Waals surface area (Å²) in [7, 11) is 0. The maximum atomic E-state index is 12.6. The lowest BCUT2D eigenvalue weighted by Gasteiger charge is -2.34. The van der Waals surface area contributed by atoms with Crippen LogP contribution in [-0.4, -0.2) is 66.3 Å². The van der Waals surface area contributed by atoms with Crippen LogP contribution >= 0.6 is 11.3 Å². The molecule has 0 aliphatic carbocycles. The van der Waals surface area contributed by atoms with E-state index in [1.54, 1.807) is 22.1 Å². The Morgan fingerprint density at radius 3 is 2.52 bits per heavy atom.